The maximum Gasteiger partial charge on any atom is 0.191 e. The van der Waals surface area contributed by atoms with E-state index in [2.05, 4.69) is 15.8 Å². The Morgan fingerprint density at radius 1 is 1.13 bits per heavy atom. The first kappa shape index (κ1) is 22.2. The van der Waals surface area contributed by atoms with Gasteiger partial charge in [-0.1, -0.05) is 35.3 Å². The minimum atomic E-state index is -0.111. The summed E-state index contributed by atoms with van der Waals surface area (Å²) in [5.41, 5.74) is 5.80. The topological polar surface area (TPSA) is 73.7 Å². The Bertz CT molecular complexity index is 1160. The summed E-state index contributed by atoms with van der Waals surface area (Å²) in [6, 6.07) is 12.2. The smallest absolute Gasteiger partial charge is 0.191 e. The number of thiophene rings is 1. The van der Waals surface area contributed by atoms with E-state index in [0.717, 1.165) is 5.56 Å². The Hall–Kier alpha value is -2.45. The molecule has 0 amide bonds. The number of aromatic hydroxyl groups is 1. The molecule has 1 heterocycles. The summed E-state index contributed by atoms with van der Waals surface area (Å²) in [4.78, 5) is 12.2. The van der Waals surface area contributed by atoms with Gasteiger partial charge in [0.15, 0.2) is 10.9 Å². The van der Waals surface area contributed by atoms with Crippen LogP contribution in [0.15, 0.2) is 52.9 Å². The molecular formula is C21H17Cl2N3O2S2. The third kappa shape index (κ3) is 5.17. The van der Waals surface area contributed by atoms with Gasteiger partial charge in [0, 0.05) is 21.7 Å². The average Bonchev–Trinajstić information content (AvgIpc) is 3.07. The zero-order chi connectivity index (χ0) is 21.8. The third-order valence-corrected chi connectivity index (χ3v) is 5.93. The number of halogens is 2. The monoisotopic (exact) mass is 477 g/mol. The van der Waals surface area contributed by atoms with Crippen LogP contribution in [0.4, 0.5) is 5.69 Å². The number of carbonyl (C=O) groups is 1. The van der Waals surface area contributed by atoms with Crippen molar-refractivity contribution in [2.45, 2.75) is 13.8 Å². The lowest BCUT2D eigenvalue weighted by atomic mass is 10.1. The normalized spacial score (nSPS) is 11.3. The summed E-state index contributed by atoms with van der Waals surface area (Å²) in [7, 11) is 0. The van der Waals surface area contributed by atoms with Gasteiger partial charge in [0.25, 0.3) is 0 Å². The molecule has 0 bridgehead atoms. The lowest BCUT2D eigenvalue weighted by Gasteiger charge is -2.09. The van der Waals surface area contributed by atoms with E-state index in [0.29, 0.717) is 37.4 Å². The van der Waals surface area contributed by atoms with Gasteiger partial charge >= 0.3 is 0 Å². The minimum absolute atomic E-state index is 0.111. The second kappa shape index (κ2) is 9.57. The number of anilines is 1. The highest BCUT2D eigenvalue weighted by atomic mass is 35.5. The average molecular weight is 478 g/mol. The third-order valence-electron chi connectivity index (χ3n) is 4.17. The molecule has 3 rings (SSSR count). The number of Topliss-reactive ketones (excluding diaryl/α,β-unsaturated/α-hetero) is 1. The van der Waals surface area contributed by atoms with Crippen molar-refractivity contribution in [3.8, 4) is 16.2 Å². The zero-order valence-electron chi connectivity index (χ0n) is 16.0. The number of ketones is 1. The van der Waals surface area contributed by atoms with Crippen LogP contribution in [0.2, 0.25) is 10.0 Å². The number of rotatable bonds is 5. The van der Waals surface area contributed by atoms with E-state index in [9.17, 15) is 9.90 Å². The second-order valence-electron chi connectivity index (χ2n) is 6.35. The van der Waals surface area contributed by atoms with Gasteiger partial charge in [-0.25, -0.2) is 0 Å². The van der Waals surface area contributed by atoms with E-state index in [1.807, 2.05) is 17.5 Å². The highest BCUT2D eigenvalue weighted by Gasteiger charge is 2.15. The van der Waals surface area contributed by atoms with Crippen LogP contribution in [0.5, 0.6) is 5.75 Å². The van der Waals surface area contributed by atoms with E-state index >= 15 is 0 Å². The van der Waals surface area contributed by atoms with Gasteiger partial charge in [-0.2, -0.15) is 5.10 Å². The number of hydrogen-bond acceptors (Lipinski definition) is 5. The van der Waals surface area contributed by atoms with Crippen molar-refractivity contribution in [3.05, 3.63) is 69.0 Å². The fraction of sp³-hybridized carbons (Fsp3) is 0.0952. The van der Waals surface area contributed by atoms with Crippen molar-refractivity contribution in [1.82, 2.24) is 5.43 Å². The summed E-state index contributed by atoms with van der Waals surface area (Å²) >= 11 is 18.8. The molecule has 2 aromatic carbocycles. The van der Waals surface area contributed by atoms with Gasteiger partial charge in [-0.05, 0) is 62.0 Å². The van der Waals surface area contributed by atoms with E-state index < -0.39 is 0 Å². The molecule has 0 fully saturated rings. The molecule has 0 aliphatic rings. The molecule has 3 N–H and O–H groups in total. The van der Waals surface area contributed by atoms with Crippen molar-refractivity contribution >= 4 is 69.1 Å². The van der Waals surface area contributed by atoms with Crippen LogP contribution in [0.25, 0.3) is 10.4 Å². The first-order valence-corrected chi connectivity index (χ1v) is 10.8. The number of benzene rings is 2. The number of carbonyl (C=O) groups excluding carboxylic acids is 1. The molecular weight excluding hydrogens is 461 g/mol. The molecule has 9 heteroatoms. The van der Waals surface area contributed by atoms with E-state index in [1.165, 1.54) is 18.3 Å². The van der Waals surface area contributed by atoms with Crippen molar-refractivity contribution in [2.24, 2.45) is 5.10 Å². The number of hydrazone groups is 1. The quantitative estimate of drug-likeness (QED) is 0.173. The van der Waals surface area contributed by atoms with Gasteiger partial charge in [0.05, 0.1) is 21.2 Å². The first-order chi connectivity index (χ1) is 14.3. The fourth-order valence-corrected chi connectivity index (χ4v) is 4.35. The van der Waals surface area contributed by atoms with Crippen LogP contribution in [0.1, 0.15) is 29.8 Å². The highest BCUT2D eigenvalue weighted by Crippen LogP contribution is 2.39. The number of hydrogen-bond donors (Lipinski definition) is 3. The van der Waals surface area contributed by atoms with Crippen molar-refractivity contribution in [3.63, 3.8) is 0 Å². The molecule has 0 radical (unpaired) electrons. The molecule has 0 aliphatic carbocycles. The van der Waals surface area contributed by atoms with Gasteiger partial charge in [-0.3, -0.25) is 10.2 Å². The van der Waals surface area contributed by atoms with Gasteiger partial charge in [0.2, 0.25) is 0 Å². The maximum atomic E-state index is 11.5. The fourth-order valence-electron chi connectivity index (χ4n) is 2.68. The van der Waals surface area contributed by atoms with E-state index in [1.54, 1.807) is 37.3 Å². The van der Waals surface area contributed by atoms with Crippen molar-refractivity contribution in [1.29, 1.82) is 0 Å². The van der Waals surface area contributed by atoms with E-state index in [4.69, 9.17) is 35.4 Å². The zero-order valence-corrected chi connectivity index (χ0v) is 19.1. The Kier molecular flexibility index (Phi) is 7.10. The number of thiocarbonyl (C=S) groups is 1. The molecule has 0 saturated heterocycles. The summed E-state index contributed by atoms with van der Waals surface area (Å²) in [6.07, 6.45) is 0. The molecule has 0 saturated carbocycles. The summed E-state index contributed by atoms with van der Waals surface area (Å²) in [5, 5.41) is 20.8. The van der Waals surface area contributed by atoms with Crippen LogP contribution >= 0.6 is 46.8 Å². The van der Waals surface area contributed by atoms with Crippen LogP contribution in [-0.4, -0.2) is 21.7 Å². The molecule has 30 heavy (non-hydrogen) atoms. The molecule has 0 aliphatic heterocycles. The van der Waals surface area contributed by atoms with Gasteiger partial charge < -0.3 is 10.4 Å². The second-order valence-corrected chi connectivity index (χ2v) is 8.48. The molecule has 5 nitrogen and oxygen atoms in total. The Labute approximate surface area is 193 Å². The summed E-state index contributed by atoms with van der Waals surface area (Å²) < 4.78 is 0. The van der Waals surface area contributed by atoms with Crippen LogP contribution in [-0.2, 0) is 0 Å². The molecule has 154 valence electrons. The molecule has 0 unspecified atom stereocenters. The number of nitrogens with zero attached hydrogens (tertiary/aromatic N) is 1. The summed E-state index contributed by atoms with van der Waals surface area (Å²) in [6.45, 7) is 3.22. The molecule has 0 spiro atoms. The van der Waals surface area contributed by atoms with Gasteiger partial charge in [-0.15, -0.1) is 11.3 Å². The SMILES string of the molecule is CC(=O)c1ccc(NC(=S)NN=C(C)c2csc(-c3cccc(Cl)c3)c2O)cc1Cl. The predicted molar refractivity (Wildman–Crippen MR) is 129 cm³/mol. The van der Waals surface area contributed by atoms with E-state index in [-0.39, 0.29) is 16.6 Å². The maximum absolute atomic E-state index is 11.5. The van der Waals surface area contributed by atoms with Crippen LogP contribution in [0, 0.1) is 0 Å². The largest absolute Gasteiger partial charge is 0.506 e. The van der Waals surface area contributed by atoms with Crippen LogP contribution in [0.3, 0.4) is 0 Å². The predicted octanol–water partition coefficient (Wildman–Crippen LogP) is 6.34. The van der Waals surface area contributed by atoms with Crippen molar-refractivity contribution < 1.29 is 9.90 Å². The lowest BCUT2D eigenvalue weighted by Crippen LogP contribution is -2.25. The Balaban J connectivity index is 1.70. The standard InChI is InChI=1S/C21H17Cl2N3O2S2/c1-11(17-10-30-20(19(17)28)13-4-3-5-14(22)8-13)25-26-21(29)24-15-6-7-16(12(2)27)18(23)9-15/h3-10,28H,1-2H3,(H2,24,26,29). The highest BCUT2D eigenvalue weighted by molar-refractivity contribution is 7.80. The first-order valence-electron chi connectivity index (χ1n) is 8.74. The van der Waals surface area contributed by atoms with Crippen LogP contribution < -0.4 is 10.7 Å². The minimum Gasteiger partial charge on any atom is -0.506 e. The summed E-state index contributed by atoms with van der Waals surface area (Å²) in [5.74, 6) is 0.0241. The van der Waals surface area contributed by atoms with Crippen molar-refractivity contribution in [2.75, 3.05) is 5.32 Å². The number of nitrogens with one attached hydrogen (secondary N) is 2. The van der Waals surface area contributed by atoms with Gasteiger partial charge in [0.1, 0.15) is 5.75 Å². The molecule has 1 aromatic heterocycles. The lowest BCUT2D eigenvalue weighted by molar-refractivity contribution is 0.101. The Morgan fingerprint density at radius 2 is 1.90 bits per heavy atom. The Morgan fingerprint density at radius 3 is 2.57 bits per heavy atom. The molecule has 3 aromatic rings. The molecule has 0 atom stereocenters.